The number of anilines is 2. The molecular formula is C13H11N3O4. The molecule has 7 nitrogen and oxygen atoms in total. The summed E-state index contributed by atoms with van der Waals surface area (Å²) in [5, 5.41) is 22.5. The number of hydrogen-bond acceptors (Lipinski definition) is 5. The number of pyridine rings is 1. The maximum absolute atomic E-state index is 10.9. The molecule has 0 aliphatic rings. The summed E-state index contributed by atoms with van der Waals surface area (Å²) in [5.74, 6) is -0.677. The van der Waals surface area contributed by atoms with Gasteiger partial charge < -0.3 is 10.4 Å². The second-order valence-corrected chi connectivity index (χ2v) is 4.12. The zero-order chi connectivity index (χ0) is 14.7. The molecule has 2 N–H and O–H groups in total. The van der Waals surface area contributed by atoms with Crippen molar-refractivity contribution in [2.75, 3.05) is 5.32 Å². The van der Waals surface area contributed by atoms with E-state index < -0.39 is 10.9 Å². The number of aromatic nitrogens is 1. The second kappa shape index (κ2) is 5.35. The fourth-order valence-electron chi connectivity index (χ4n) is 1.73. The largest absolute Gasteiger partial charge is 0.478 e. The SMILES string of the molecule is Cc1cc(Nc2cc([N+](=O)[O-])ccn2)ccc1C(=O)O. The van der Waals surface area contributed by atoms with Crippen LogP contribution in [0.5, 0.6) is 0 Å². The summed E-state index contributed by atoms with van der Waals surface area (Å²) in [7, 11) is 0. The minimum atomic E-state index is -0.998. The Morgan fingerprint density at radius 3 is 2.70 bits per heavy atom. The number of nitrogens with zero attached hydrogens (tertiary/aromatic N) is 2. The summed E-state index contributed by atoms with van der Waals surface area (Å²) in [5.41, 5.74) is 1.34. The number of aromatic carboxylic acids is 1. The van der Waals surface area contributed by atoms with Crippen LogP contribution in [0.4, 0.5) is 17.2 Å². The molecule has 0 unspecified atom stereocenters. The van der Waals surface area contributed by atoms with Crippen molar-refractivity contribution >= 4 is 23.2 Å². The first kappa shape index (κ1) is 13.5. The lowest BCUT2D eigenvalue weighted by atomic mass is 10.1. The summed E-state index contributed by atoms with van der Waals surface area (Å²) in [6.07, 6.45) is 1.33. The van der Waals surface area contributed by atoms with Crippen LogP contribution in [0.3, 0.4) is 0 Å². The highest BCUT2D eigenvalue weighted by atomic mass is 16.6. The highest BCUT2D eigenvalue weighted by molar-refractivity contribution is 5.90. The number of rotatable bonds is 4. The molecule has 0 radical (unpaired) electrons. The van der Waals surface area contributed by atoms with Crippen LogP contribution in [-0.2, 0) is 0 Å². The first-order chi connectivity index (χ1) is 9.47. The third-order valence-corrected chi connectivity index (χ3v) is 2.68. The lowest BCUT2D eigenvalue weighted by Crippen LogP contribution is -2.01. The van der Waals surface area contributed by atoms with Gasteiger partial charge in [-0.3, -0.25) is 10.1 Å². The Labute approximate surface area is 114 Å². The number of benzene rings is 1. The highest BCUT2D eigenvalue weighted by Gasteiger charge is 2.09. The van der Waals surface area contributed by atoms with E-state index in [1.54, 1.807) is 19.1 Å². The number of carbonyl (C=O) groups is 1. The quantitative estimate of drug-likeness (QED) is 0.655. The molecule has 2 rings (SSSR count). The van der Waals surface area contributed by atoms with Crippen LogP contribution in [-0.4, -0.2) is 21.0 Å². The van der Waals surface area contributed by atoms with Crippen LogP contribution in [0.25, 0.3) is 0 Å². The molecule has 1 aromatic carbocycles. The van der Waals surface area contributed by atoms with E-state index in [0.717, 1.165) is 0 Å². The second-order valence-electron chi connectivity index (χ2n) is 4.12. The Morgan fingerprint density at radius 2 is 2.10 bits per heavy atom. The summed E-state index contributed by atoms with van der Waals surface area (Å²) < 4.78 is 0. The van der Waals surface area contributed by atoms with Gasteiger partial charge in [0.25, 0.3) is 5.69 Å². The third kappa shape index (κ3) is 2.89. The van der Waals surface area contributed by atoms with E-state index in [9.17, 15) is 14.9 Å². The molecule has 2 aromatic rings. The maximum Gasteiger partial charge on any atom is 0.335 e. The van der Waals surface area contributed by atoms with Gasteiger partial charge in [0.15, 0.2) is 0 Å². The van der Waals surface area contributed by atoms with E-state index in [0.29, 0.717) is 17.1 Å². The Hall–Kier alpha value is -2.96. The molecule has 20 heavy (non-hydrogen) atoms. The first-order valence-corrected chi connectivity index (χ1v) is 5.69. The van der Waals surface area contributed by atoms with Crippen molar-refractivity contribution < 1.29 is 14.8 Å². The van der Waals surface area contributed by atoms with E-state index in [2.05, 4.69) is 10.3 Å². The van der Waals surface area contributed by atoms with Gasteiger partial charge in [-0.1, -0.05) is 0 Å². The minimum Gasteiger partial charge on any atom is -0.478 e. The summed E-state index contributed by atoms with van der Waals surface area (Å²) >= 11 is 0. The third-order valence-electron chi connectivity index (χ3n) is 2.68. The molecule has 0 bridgehead atoms. The lowest BCUT2D eigenvalue weighted by Gasteiger charge is -2.07. The van der Waals surface area contributed by atoms with Crippen molar-refractivity contribution in [3.8, 4) is 0 Å². The van der Waals surface area contributed by atoms with Crippen LogP contribution in [0, 0.1) is 17.0 Å². The Bertz CT molecular complexity index is 685. The monoisotopic (exact) mass is 273 g/mol. The number of carboxylic acids is 1. The van der Waals surface area contributed by atoms with Crippen LogP contribution in [0.15, 0.2) is 36.5 Å². The molecule has 0 saturated heterocycles. The van der Waals surface area contributed by atoms with E-state index in [1.807, 2.05) is 0 Å². The predicted octanol–water partition coefficient (Wildman–Crippen LogP) is 2.74. The zero-order valence-electron chi connectivity index (χ0n) is 10.5. The van der Waals surface area contributed by atoms with Gasteiger partial charge in [0.1, 0.15) is 5.82 Å². The molecule has 0 amide bonds. The normalized spacial score (nSPS) is 10.1. The Balaban J connectivity index is 2.26. The fraction of sp³-hybridized carbons (Fsp3) is 0.0769. The maximum atomic E-state index is 10.9. The minimum absolute atomic E-state index is 0.0682. The van der Waals surface area contributed by atoms with E-state index in [1.165, 1.54) is 24.4 Å². The van der Waals surface area contributed by atoms with Crippen molar-refractivity contribution in [3.63, 3.8) is 0 Å². The average molecular weight is 273 g/mol. The van der Waals surface area contributed by atoms with Gasteiger partial charge in [-0.05, 0) is 30.7 Å². The van der Waals surface area contributed by atoms with Crippen LogP contribution in [0.1, 0.15) is 15.9 Å². The van der Waals surface area contributed by atoms with Gasteiger partial charge in [0, 0.05) is 18.0 Å². The van der Waals surface area contributed by atoms with Gasteiger partial charge in [-0.2, -0.15) is 0 Å². The topological polar surface area (TPSA) is 105 Å². The molecule has 0 fully saturated rings. The van der Waals surface area contributed by atoms with E-state index >= 15 is 0 Å². The standard InChI is InChI=1S/C13H11N3O4/c1-8-6-9(2-3-11(8)13(17)18)15-12-7-10(16(19)20)4-5-14-12/h2-7H,1H3,(H,14,15)(H,17,18). The Kier molecular flexibility index (Phi) is 3.60. The molecule has 7 heteroatoms. The van der Waals surface area contributed by atoms with Crippen molar-refractivity contribution in [3.05, 3.63) is 57.8 Å². The summed E-state index contributed by atoms with van der Waals surface area (Å²) in [6.45, 7) is 1.68. The molecule has 0 aliphatic heterocycles. The van der Waals surface area contributed by atoms with Crippen LogP contribution < -0.4 is 5.32 Å². The predicted molar refractivity (Wildman–Crippen MR) is 72.3 cm³/mol. The van der Waals surface area contributed by atoms with E-state index in [4.69, 9.17) is 5.11 Å². The molecule has 0 spiro atoms. The average Bonchev–Trinajstić information content (AvgIpc) is 2.38. The summed E-state index contributed by atoms with van der Waals surface area (Å²) in [6, 6.07) is 7.29. The van der Waals surface area contributed by atoms with E-state index in [-0.39, 0.29) is 11.3 Å². The van der Waals surface area contributed by atoms with Gasteiger partial charge >= 0.3 is 5.97 Å². The smallest absolute Gasteiger partial charge is 0.335 e. The molecular weight excluding hydrogens is 262 g/mol. The Morgan fingerprint density at radius 1 is 1.35 bits per heavy atom. The van der Waals surface area contributed by atoms with Crippen molar-refractivity contribution in [2.45, 2.75) is 6.92 Å². The molecule has 1 heterocycles. The van der Waals surface area contributed by atoms with Crippen molar-refractivity contribution in [2.24, 2.45) is 0 Å². The number of aryl methyl sites for hydroxylation is 1. The molecule has 102 valence electrons. The van der Waals surface area contributed by atoms with Gasteiger partial charge in [0.2, 0.25) is 0 Å². The number of nitro groups is 1. The number of carboxylic acid groups (broad SMARTS) is 1. The van der Waals surface area contributed by atoms with Gasteiger partial charge in [0.05, 0.1) is 16.6 Å². The van der Waals surface area contributed by atoms with Gasteiger partial charge in [-0.25, -0.2) is 9.78 Å². The highest BCUT2D eigenvalue weighted by Crippen LogP contribution is 2.21. The molecule has 0 atom stereocenters. The summed E-state index contributed by atoms with van der Waals surface area (Å²) in [4.78, 5) is 25.0. The zero-order valence-corrected chi connectivity index (χ0v) is 10.5. The van der Waals surface area contributed by atoms with Crippen molar-refractivity contribution in [1.82, 2.24) is 4.98 Å². The number of hydrogen-bond donors (Lipinski definition) is 2. The lowest BCUT2D eigenvalue weighted by molar-refractivity contribution is -0.384. The molecule has 0 aliphatic carbocycles. The molecule has 1 aromatic heterocycles. The molecule has 0 saturated carbocycles. The van der Waals surface area contributed by atoms with Gasteiger partial charge in [-0.15, -0.1) is 0 Å². The van der Waals surface area contributed by atoms with Crippen molar-refractivity contribution in [1.29, 1.82) is 0 Å². The van der Waals surface area contributed by atoms with Crippen LogP contribution in [0.2, 0.25) is 0 Å². The first-order valence-electron chi connectivity index (χ1n) is 5.69. The number of nitrogens with one attached hydrogen (secondary N) is 1. The fourth-order valence-corrected chi connectivity index (χ4v) is 1.73. The van der Waals surface area contributed by atoms with Crippen LogP contribution >= 0.6 is 0 Å².